The highest BCUT2D eigenvalue weighted by Crippen LogP contribution is 2.26. The molecule has 1 aliphatic rings. The molecule has 0 fully saturated rings. The van der Waals surface area contributed by atoms with Gasteiger partial charge in [0.15, 0.2) is 0 Å². The number of rotatable bonds is 3. The average Bonchev–Trinajstić information content (AvgIpc) is 2.26. The first-order chi connectivity index (χ1) is 7.27. The lowest BCUT2D eigenvalue weighted by Crippen LogP contribution is -2.29. The van der Waals surface area contributed by atoms with Gasteiger partial charge < -0.3 is 5.32 Å². The second-order valence-electron chi connectivity index (χ2n) is 4.45. The van der Waals surface area contributed by atoms with Crippen molar-refractivity contribution < 1.29 is 0 Å². The van der Waals surface area contributed by atoms with Crippen LogP contribution in [0, 0.1) is 0 Å². The van der Waals surface area contributed by atoms with Crippen LogP contribution >= 0.6 is 0 Å². The average molecular weight is 201 g/mol. The Balaban J connectivity index is 2.11. The summed E-state index contributed by atoms with van der Waals surface area (Å²) >= 11 is 0. The largest absolute Gasteiger partial charge is 0.310 e. The molecule has 1 heteroatoms. The topological polar surface area (TPSA) is 12.0 Å². The zero-order valence-electron chi connectivity index (χ0n) is 9.42. The molecule has 0 aliphatic carbocycles. The fourth-order valence-electron chi connectivity index (χ4n) is 2.24. The summed E-state index contributed by atoms with van der Waals surface area (Å²) in [6, 6.07) is 9.32. The molecule has 1 aromatic carbocycles. The standard InChI is InChI=1S/C14H19N/c1-11(2)7-8-14-13-6-4-3-5-12(13)9-10-15-14/h3-6,14-15H,1,7-10H2,2H3. The Morgan fingerprint density at radius 2 is 2.27 bits per heavy atom. The maximum Gasteiger partial charge on any atom is 0.0326 e. The van der Waals surface area contributed by atoms with Crippen molar-refractivity contribution in [1.82, 2.24) is 5.32 Å². The SMILES string of the molecule is C=C(C)CCC1NCCc2ccccc21. The van der Waals surface area contributed by atoms with Gasteiger partial charge in [0.05, 0.1) is 0 Å². The Morgan fingerprint density at radius 1 is 1.47 bits per heavy atom. The normalized spacial score (nSPS) is 19.7. The van der Waals surface area contributed by atoms with Crippen LogP contribution in [0.4, 0.5) is 0 Å². The second kappa shape index (κ2) is 4.63. The van der Waals surface area contributed by atoms with E-state index >= 15 is 0 Å². The molecule has 0 spiro atoms. The highest BCUT2D eigenvalue weighted by molar-refractivity contribution is 5.32. The minimum absolute atomic E-state index is 0.534. The van der Waals surface area contributed by atoms with Crippen LogP contribution in [0.25, 0.3) is 0 Å². The zero-order chi connectivity index (χ0) is 10.7. The highest BCUT2D eigenvalue weighted by atomic mass is 14.9. The van der Waals surface area contributed by atoms with E-state index in [0.717, 1.165) is 13.0 Å². The van der Waals surface area contributed by atoms with Crippen LogP contribution in [-0.2, 0) is 6.42 Å². The Labute approximate surface area is 92.2 Å². The van der Waals surface area contributed by atoms with Gasteiger partial charge in [-0.3, -0.25) is 0 Å². The van der Waals surface area contributed by atoms with Crippen LogP contribution in [0.15, 0.2) is 36.4 Å². The molecule has 1 atom stereocenters. The summed E-state index contributed by atoms with van der Waals surface area (Å²) in [4.78, 5) is 0. The van der Waals surface area contributed by atoms with E-state index in [4.69, 9.17) is 0 Å². The van der Waals surface area contributed by atoms with Crippen molar-refractivity contribution in [3.63, 3.8) is 0 Å². The molecular formula is C14H19N. The summed E-state index contributed by atoms with van der Waals surface area (Å²) in [7, 11) is 0. The minimum atomic E-state index is 0.534. The molecule has 15 heavy (non-hydrogen) atoms. The summed E-state index contributed by atoms with van der Waals surface area (Å²) in [6.07, 6.45) is 3.46. The highest BCUT2D eigenvalue weighted by Gasteiger charge is 2.18. The molecule has 1 unspecified atom stereocenters. The summed E-state index contributed by atoms with van der Waals surface area (Å²) in [5.41, 5.74) is 4.29. The minimum Gasteiger partial charge on any atom is -0.310 e. The first-order valence-corrected chi connectivity index (χ1v) is 5.73. The van der Waals surface area contributed by atoms with Crippen molar-refractivity contribution >= 4 is 0 Å². The molecule has 0 amide bonds. The number of benzene rings is 1. The molecule has 0 aromatic heterocycles. The zero-order valence-corrected chi connectivity index (χ0v) is 9.42. The van der Waals surface area contributed by atoms with Gasteiger partial charge in [-0.15, -0.1) is 6.58 Å². The van der Waals surface area contributed by atoms with Gasteiger partial charge in [-0.2, -0.15) is 0 Å². The van der Waals surface area contributed by atoms with Gasteiger partial charge in [0, 0.05) is 6.04 Å². The third-order valence-corrected chi connectivity index (χ3v) is 3.08. The lowest BCUT2D eigenvalue weighted by molar-refractivity contribution is 0.475. The fourth-order valence-corrected chi connectivity index (χ4v) is 2.24. The Hall–Kier alpha value is -1.08. The van der Waals surface area contributed by atoms with Crippen molar-refractivity contribution in [2.75, 3.05) is 6.54 Å². The van der Waals surface area contributed by atoms with Gasteiger partial charge in [0.1, 0.15) is 0 Å². The van der Waals surface area contributed by atoms with Gasteiger partial charge in [0.25, 0.3) is 0 Å². The molecule has 1 aliphatic heterocycles. The van der Waals surface area contributed by atoms with Gasteiger partial charge in [-0.1, -0.05) is 29.8 Å². The van der Waals surface area contributed by atoms with Crippen LogP contribution in [0.3, 0.4) is 0 Å². The third kappa shape index (κ3) is 2.48. The predicted octanol–water partition coefficient (Wildman–Crippen LogP) is 3.23. The van der Waals surface area contributed by atoms with Crippen molar-refractivity contribution in [1.29, 1.82) is 0 Å². The van der Waals surface area contributed by atoms with Gasteiger partial charge >= 0.3 is 0 Å². The predicted molar refractivity (Wildman–Crippen MR) is 64.9 cm³/mol. The van der Waals surface area contributed by atoms with Crippen molar-refractivity contribution in [2.45, 2.75) is 32.2 Å². The number of hydrogen-bond donors (Lipinski definition) is 1. The van der Waals surface area contributed by atoms with Crippen molar-refractivity contribution in [3.05, 3.63) is 47.5 Å². The van der Waals surface area contributed by atoms with E-state index in [1.807, 2.05) is 0 Å². The summed E-state index contributed by atoms with van der Waals surface area (Å²) in [5, 5.41) is 3.59. The number of hydrogen-bond acceptors (Lipinski definition) is 1. The fraction of sp³-hybridized carbons (Fsp3) is 0.429. The summed E-state index contributed by atoms with van der Waals surface area (Å²) in [6.45, 7) is 7.18. The molecule has 1 aromatic rings. The summed E-state index contributed by atoms with van der Waals surface area (Å²) < 4.78 is 0. The lowest BCUT2D eigenvalue weighted by atomic mass is 9.91. The monoisotopic (exact) mass is 201 g/mol. The maximum atomic E-state index is 3.97. The van der Waals surface area contributed by atoms with E-state index in [2.05, 4.69) is 43.1 Å². The van der Waals surface area contributed by atoms with Crippen molar-refractivity contribution in [2.24, 2.45) is 0 Å². The number of nitrogens with one attached hydrogen (secondary N) is 1. The molecule has 0 radical (unpaired) electrons. The third-order valence-electron chi connectivity index (χ3n) is 3.08. The molecule has 0 saturated heterocycles. The Morgan fingerprint density at radius 3 is 3.07 bits per heavy atom. The van der Waals surface area contributed by atoms with Crippen LogP contribution < -0.4 is 5.32 Å². The molecule has 1 heterocycles. The van der Waals surface area contributed by atoms with E-state index in [9.17, 15) is 0 Å². The Bertz CT molecular complexity index is 354. The maximum absolute atomic E-state index is 3.97. The van der Waals surface area contributed by atoms with Crippen LogP contribution in [0.5, 0.6) is 0 Å². The molecule has 80 valence electrons. The number of fused-ring (bicyclic) bond motifs is 1. The molecular weight excluding hydrogens is 182 g/mol. The van der Waals surface area contributed by atoms with E-state index in [1.165, 1.54) is 29.5 Å². The molecule has 0 bridgehead atoms. The molecule has 0 saturated carbocycles. The van der Waals surface area contributed by atoms with Gasteiger partial charge in [0.2, 0.25) is 0 Å². The quantitative estimate of drug-likeness (QED) is 0.740. The van der Waals surface area contributed by atoms with E-state index in [1.54, 1.807) is 0 Å². The molecule has 1 N–H and O–H groups in total. The number of allylic oxidation sites excluding steroid dienone is 1. The first kappa shape index (κ1) is 10.4. The second-order valence-corrected chi connectivity index (χ2v) is 4.45. The van der Waals surface area contributed by atoms with E-state index < -0.39 is 0 Å². The summed E-state index contributed by atoms with van der Waals surface area (Å²) in [5.74, 6) is 0. The van der Waals surface area contributed by atoms with Gasteiger partial charge in [-0.05, 0) is 43.9 Å². The first-order valence-electron chi connectivity index (χ1n) is 5.73. The van der Waals surface area contributed by atoms with Crippen LogP contribution in [0.1, 0.15) is 36.9 Å². The van der Waals surface area contributed by atoms with Crippen molar-refractivity contribution in [3.8, 4) is 0 Å². The smallest absolute Gasteiger partial charge is 0.0326 e. The van der Waals surface area contributed by atoms with Crippen LogP contribution in [-0.4, -0.2) is 6.54 Å². The lowest BCUT2D eigenvalue weighted by Gasteiger charge is -2.27. The molecule has 1 nitrogen and oxygen atoms in total. The van der Waals surface area contributed by atoms with Crippen LogP contribution in [0.2, 0.25) is 0 Å². The van der Waals surface area contributed by atoms with E-state index in [-0.39, 0.29) is 0 Å². The van der Waals surface area contributed by atoms with E-state index in [0.29, 0.717) is 6.04 Å². The molecule has 2 rings (SSSR count). The Kier molecular flexibility index (Phi) is 3.22. The van der Waals surface area contributed by atoms with Gasteiger partial charge in [-0.25, -0.2) is 0 Å².